The van der Waals surface area contributed by atoms with Gasteiger partial charge in [-0.25, -0.2) is 4.79 Å². The van der Waals surface area contributed by atoms with Gasteiger partial charge in [-0.3, -0.25) is 0 Å². The Hall–Kier alpha value is -3.54. The molecule has 0 spiro atoms. The summed E-state index contributed by atoms with van der Waals surface area (Å²) in [5.41, 5.74) is 2.97. The molecule has 2 aromatic carbocycles. The Morgan fingerprint density at radius 2 is 1.83 bits per heavy atom. The Bertz CT molecular complexity index is 1400. The summed E-state index contributed by atoms with van der Waals surface area (Å²) in [5.74, 6) is 1.39. The number of methoxy groups -OCH3 is 1. The van der Waals surface area contributed by atoms with Gasteiger partial charge in [-0.05, 0) is 27.4 Å². The molecule has 0 radical (unpaired) electrons. The lowest BCUT2D eigenvalue weighted by Crippen LogP contribution is -2.49. The van der Waals surface area contributed by atoms with Crippen LogP contribution in [0.25, 0.3) is 10.8 Å². The maximum absolute atomic E-state index is 11.5. The molecule has 1 fully saturated rings. The van der Waals surface area contributed by atoms with Crippen LogP contribution in [0.3, 0.4) is 0 Å². The highest BCUT2D eigenvalue weighted by Gasteiger charge is 2.30. The van der Waals surface area contributed by atoms with Crippen molar-refractivity contribution in [2.45, 2.75) is 26.0 Å². The van der Waals surface area contributed by atoms with Crippen molar-refractivity contribution < 1.29 is 24.1 Å². The summed E-state index contributed by atoms with van der Waals surface area (Å²) in [6, 6.07) is 10.3. The molecule has 41 heavy (non-hydrogen) atoms. The molecule has 1 saturated heterocycles. The second kappa shape index (κ2) is 12.5. The first-order chi connectivity index (χ1) is 19.7. The largest absolute Gasteiger partial charge is 0.466 e. The normalized spacial score (nSPS) is 16.2. The number of aromatic nitrogens is 2. The molecule has 1 amide bonds. The SMILES string of the molecule is COCOc1cc(N2CCc3c(nc(O[C@H](C)CN(C)C)nc3N3CCN(C(=O)O)CC3)C2)c2ccccc2c1Cl. The average Bonchev–Trinajstić information content (AvgIpc) is 2.96. The fourth-order valence-electron chi connectivity index (χ4n) is 5.53. The van der Waals surface area contributed by atoms with E-state index < -0.39 is 6.09 Å². The topological polar surface area (TPSA) is 104 Å². The van der Waals surface area contributed by atoms with Crippen LogP contribution in [0.1, 0.15) is 18.2 Å². The van der Waals surface area contributed by atoms with Crippen LogP contribution in [0.5, 0.6) is 11.8 Å². The Balaban J connectivity index is 1.51. The number of hydrogen-bond donors (Lipinski definition) is 1. The molecule has 0 unspecified atom stereocenters. The first-order valence-corrected chi connectivity index (χ1v) is 14.1. The van der Waals surface area contributed by atoms with Crippen LogP contribution >= 0.6 is 11.6 Å². The number of piperazine rings is 1. The van der Waals surface area contributed by atoms with E-state index in [0.29, 0.717) is 49.5 Å². The zero-order valence-electron chi connectivity index (χ0n) is 24.0. The lowest BCUT2D eigenvalue weighted by Gasteiger charge is -2.37. The minimum absolute atomic E-state index is 0.0951. The second-order valence-corrected chi connectivity index (χ2v) is 11.1. The van der Waals surface area contributed by atoms with Gasteiger partial charge in [-0.1, -0.05) is 35.9 Å². The van der Waals surface area contributed by atoms with Gasteiger partial charge in [0.2, 0.25) is 0 Å². The van der Waals surface area contributed by atoms with Crippen molar-refractivity contribution in [1.82, 2.24) is 19.8 Å². The number of likely N-dealkylation sites (N-methyl/N-ethyl adjacent to an activating group) is 1. The summed E-state index contributed by atoms with van der Waals surface area (Å²) < 4.78 is 17.2. The van der Waals surface area contributed by atoms with Crippen molar-refractivity contribution >= 4 is 40.0 Å². The first kappa shape index (κ1) is 29.0. The van der Waals surface area contributed by atoms with Crippen LogP contribution in [0, 0.1) is 0 Å². The smallest absolute Gasteiger partial charge is 0.407 e. The molecular weight excluding hydrogens is 548 g/mol. The number of fused-ring (bicyclic) bond motifs is 2. The van der Waals surface area contributed by atoms with Gasteiger partial charge in [0.05, 0.1) is 17.3 Å². The predicted octanol–water partition coefficient (Wildman–Crippen LogP) is 3.96. The second-order valence-electron chi connectivity index (χ2n) is 10.7. The Labute approximate surface area is 245 Å². The summed E-state index contributed by atoms with van der Waals surface area (Å²) in [6.07, 6.45) is -0.279. The molecule has 3 aromatic rings. The van der Waals surface area contributed by atoms with Gasteiger partial charge in [-0.15, -0.1) is 0 Å². The van der Waals surface area contributed by atoms with Crippen molar-refractivity contribution in [3.8, 4) is 11.8 Å². The van der Waals surface area contributed by atoms with Gasteiger partial charge in [0, 0.05) is 74.5 Å². The van der Waals surface area contributed by atoms with E-state index in [1.807, 2.05) is 45.3 Å². The van der Waals surface area contributed by atoms with Crippen molar-refractivity contribution in [2.24, 2.45) is 0 Å². The highest BCUT2D eigenvalue weighted by molar-refractivity contribution is 6.37. The maximum Gasteiger partial charge on any atom is 0.407 e. The summed E-state index contributed by atoms with van der Waals surface area (Å²) in [7, 11) is 5.58. The van der Waals surface area contributed by atoms with Crippen molar-refractivity contribution in [2.75, 3.05) is 77.1 Å². The van der Waals surface area contributed by atoms with Gasteiger partial charge in [0.25, 0.3) is 0 Å². The minimum Gasteiger partial charge on any atom is -0.466 e. The number of anilines is 2. The number of halogens is 1. The third-order valence-corrected chi connectivity index (χ3v) is 7.79. The Morgan fingerprint density at radius 1 is 1.10 bits per heavy atom. The maximum atomic E-state index is 11.5. The summed E-state index contributed by atoms with van der Waals surface area (Å²) in [5, 5.41) is 11.9. The van der Waals surface area contributed by atoms with E-state index >= 15 is 0 Å². The van der Waals surface area contributed by atoms with E-state index in [9.17, 15) is 9.90 Å². The number of benzene rings is 2. The summed E-state index contributed by atoms with van der Waals surface area (Å²) in [6.45, 7) is 6.09. The van der Waals surface area contributed by atoms with Crippen molar-refractivity contribution in [3.63, 3.8) is 0 Å². The van der Waals surface area contributed by atoms with E-state index in [0.717, 1.165) is 53.0 Å². The van der Waals surface area contributed by atoms with Gasteiger partial charge in [0.1, 0.15) is 17.7 Å². The molecule has 0 saturated carbocycles. The van der Waals surface area contributed by atoms with Gasteiger partial charge >= 0.3 is 12.1 Å². The average molecular weight is 585 g/mol. The first-order valence-electron chi connectivity index (χ1n) is 13.8. The molecule has 11 nitrogen and oxygen atoms in total. The molecule has 2 aliphatic heterocycles. The molecule has 5 rings (SSSR count). The molecule has 220 valence electrons. The van der Waals surface area contributed by atoms with E-state index in [2.05, 4.69) is 20.8 Å². The highest BCUT2D eigenvalue weighted by atomic mass is 35.5. The fourth-order valence-corrected chi connectivity index (χ4v) is 5.81. The molecule has 0 aliphatic carbocycles. The molecule has 2 aliphatic rings. The van der Waals surface area contributed by atoms with E-state index in [4.69, 9.17) is 35.8 Å². The predicted molar refractivity (Wildman–Crippen MR) is 159 cm³/mol. The molecular formula is C29H37ClN6O5. The van der Waals surface area contributed by atoms with Crippen molar-refractivity contribution in [3.05, 3.63) is 46.6 Å². The van der Waals surface area contributed by atoms with Gasteiger partial charge in [0.15, 0.2) is 6.79 Å². The van der Waals surface area contributed by atoms with Crippen LogP contribution in [0.15, 0.2) is 30.3 Å². The Morgan fingerprint density at radius 3 is 2.51 bits per heavy atom. The lowest BCUT2D eigenvalue weighted by molar-refractivity contribution is 0.0513. The summed E-state index contributed by atoms with van der Waals surface area (Å²) >= 11 is 6.73. The molecule has 1 N–H and O–H groups in total. The van der Waals surface area contributed by atoms with Crippen LogP contribution in [0.2, 0.25) is 5.02 Å². The molecule has 1 aromatic heterocycles. The number of rotatable bonds is 9. The van der Waals surface area contributed by atoms with Crippen LogP contribution in [-0.4, -0.2) is 104 Å². The highest BCUT2D eigenvalue weighted by Crippen LogP contribution is 2.41. The minimum atomic E-state index is -0.893. The molecule has 0 bridgehead atoms. The zero-order chi connectivity index (χ0) is 29.1. The monoisotopic (exact) mass is 584 g/mol. The quantitative estimate of drug-likeness (QED) is 0.372. The van der Waals surface area contributed by atoms with Crippen molar-refractivity contribution in [1.29, 1.82) is 0 Å². The number of hydrogen-bond acceptors (Lipinski definition) is 9. The third kappa shape index (κ3) is 6.37. The number of ether oxygens (including phenoxy) is 3. The Kier molecular flexibility index (Phi) is 8.86. The number of carboxylic acid groups (broad SMARTS) is 1. The van der Waals surface area contributed by atoms with Crippen LogP contribution in [-0.2, 0) is 17.7 Å². The lowest BCUT2D eigenvalue weighted by atomic mass is 10.0. The summed E-state index contributed by atoms with van der Waals surface area (Å²) in [4.78, 5) is 29.2. The number of amides is 1. The molecule has 12 heteroatoms. The van der Waals surface area contributed by atoms with Gasteiger partial charge < -0.3 is 38.9 Å². The van der Waals surface area contributed by atoms with E-state index in [1.165, 1.54) is 4.90 Å². The van der Waals surface area contributed by atoms with Crippen LogP contribution in [0.4, 0.5) is 16.3 Å². The van der Waals surface area contributed by atoms with Gasteiger partial charge in [-0.2, -0.15) is 9.97 Å². The number of carbonyl (C=O) groups is 1. The van der Waals surface area contributed by atoms with E-state index in [-0.39, 0.29) is 12.9 Å². The van der Waals surface area contributed by atoms with E-state index in [1.54, 1.807) is 7.11 Å². The standard InChI is InChI=1S/C29H37ClN6O5/c1-19(16-33(2)3)41-28-31-23-17-36(10-9-22(23)27(32-28)34-11-13-35(14-12-34)29(37)38)24-15-25(40-18-39-4)26(30)21-8-6-5-7-20(21)24/h5-8,15,19H,9-14,16-18H2,1-4H3,(H,37,38)/t19-/m1/s1. The van der Waals surface area contributed by atoms with Crippen LogP contribution < -0.4 is 19.3 Å². The fraction of sp³-hybridized carbons (Fsp3) is 0.483. The molecule has 1 atom stereocenters. The molecule has 3 heterocycles. The third-order valence-electron chi connectivity index (χ3n) is 7.40. The number of nitrogens with zero attached hydrogens (tertiary/aromatic N) is 6. The zero-order valence-corrected chi connectivity index (χ0v) is 24.7.